The van der Waals surface area contributed by atoms with Crippen molar-refractivity contribution < 1.29 is 4.39 Å². The third-order valence-electron chi connectivity index (χ3n) is 2.22. The van der Waals surface area contributed by atoms with Gasteiger partial charge in [0.2, 0.25) is 0 Å². The molecule has 1 N–H and O–H groups in total. The minimum Gasteiger partial charge on any atom is -0.262 e. The molecule has 0 aliphatic heterocycles. The van der Waals surface area contributed by atoms with Crippen LogP contribution in [0.5, 0.6) is 0 Å². The van der Waals surface area contributed by atoms with E-state index in [0.717, 1.165) is 5.82 Å². The van der Waals surface area contributed by atoms with Gasteiger partial charge in [-0.05, 0) is 18.2 Å². The van der Waals surface area contributed by atoms with Gasteiger partial charge in [-0.15, -0.1) is 0 Å². The third-order valence-corrected chi connectivity index (χ3v) is 2.46. The summed E-state index contributed by atoms with van der Waals surface area (Å²) in [5.41, 5.74) is 0.354. The molecule has 84 valence electrons. The Balaban J connectivity index is 2.42. The van der Waals surface area contributed by atoms with Gasteiger partial charge in [0, 0.05) is 10.9 Å². The predicted octanol–water partition coefficient (Wildman–Crippen LogP) is 3.39. The van der Waals surface area contributed by atoms with Crippen molar-refractivity contribution >= 4 is 11.6 Å². The lowest BCUT2D eigenvalue weighted by molar-refractivity contribution is 0.630. The van der Waals surface area contributed by atoms with Crippen LogP contribution in [0.4, 0.5) is 4.39 Å². The van der Waals surface area contributed by atoms with Crippen LogP contribution < -0.4 is 0 Å². The predicted molar refractivity (Wildman–Crippen MR) is 60.9 cm³/mol. The molecular formula is C11H11ClFN3. The van der Waals surface area contributed by atoms with E-state index in [1.165, 1.54) is 6.07 Å². The summed E-state index contributed by atoms with van der Waals surface area (Å²) in [6, 6.07) is 4.44. The van der Waals surface area contributed by atoms with Gasteiger partial charge in [-0.3, -0.25) is 5.10 Å². The summed E-state index contributed by atoms with van der Waals surface area (Å²) in [5, 5.41) is 7.13. The molecule has 0 unspecified atom stereocenters. The van der Waals surface area contributed by atoms with Gasteiger partial charge < -0.3 is 0 Å². The first-order valence-corrected chi connectivity index (χ1v) is 5.33. The molecule has 0 aliphatic carbocycles. The second-order valence-corrected chi connectivity index (χ2v) is 4.26. The van der Waals surface area contributed by atoms with E-state index in [9.17, 15) is 4.39 Å². The molecule has 2 aromatic rings. The van der Waals surface area contributed by atoms with Gasteiger partial charge in [-0.25, -0.2) is 9.37 Å². The summed E-state index contributed by atoms with van der Waals surface area (Å²) < 4.78 is 13.6. The van der Waals surface area contributed by atoms with Crippen LogP contribution >= 0.6 is 11.6 Å². The number of halogens is 2. The minimum absolute atomic E-state index is 0.233. The van der Waals surface area contributed by atoms with Crippen LogP contribution in [-0.4, -0.2) is 15.2 Å². The average Bonchev–Trinajstić information content (AvgIpc) is 2.66. The quantitative estimate of drug-likeness (QED) is 0.873. The van der Waals surface area contributed by atoms with Crippen LogP contribution in [0, 0.1) is 5.82 Å². The van der Waals surface area contributed by atoms with Gasteiger partial charge in [0.15, 0.2) is 5.82 Å². The summed E-state index contributed by atoms with van der Waals surface area (Å²) in [7, 11) is 0. The van der Waals surface area contributed by atoms with Crippen molar-refractivity contribution in [2.75, 3.05) is 0 Å². The van der Waals surface area contributed by atoms with E-state index < -0.39 is 5.82 Å². The fraction of sp³-hybridized carbons (Fsp3) is 0.273. The highest BCUT2D eigenvalue weighted by Crippen LogP contribution is 2.23. The Morgan fingerprint density at radius 2 is 2.12 bits per heavy atom. The number of rotatable bonds is 2. The largest absolute Gasteiger partial charge is 0.262 e. The van der Waals surface area contributed by atoms with E-state index in [2.05, 4.69) is 15.2 Å². The van der Waals surface area contributed by atoms with E-state index in [1.54, 1.807) is 12.1 Å². The van der Waals surface area contributed by atoms with Crippen molar-refractivity contribution in [1.29, 1.82) is 0 Å². The molecule has 0 amide bonds. The number of benzene rings is 1. The number of nitrogens with zero attached hydrogens (tertiary/aromatic N) is 2. The van der Waals surface area contributed by atoms with E-state index in [1.807, 2.05) is 13.8 Å². The number of H-pyrrole nitrogens is 1. The molecule has 0 saturated carbocycles. The molecule has 2 rings (SSSR count). The zero-order chi connectivity index (χ0) is 11.7. The van der Waals surface area contributed by atoms with Gasteiger partial charge in [0.25, 0.3) is 0 Å². The fourth-order valence-corrected chi connectivity index (χ4v) is 1.48. The van der Waals surface area contributed by atoms with Gasteiger partial charge in [0.1, 0.15) is 11.6 Å². The van der Waals surface area contributed by atoms with Crippen LogP contribution in [0.25, 0.3) is 11.4 Å². The van der Waals surface area contributed by atoms with Crippen LogP contribution in [0.15, 0.2) is 18.2 Å². The molecule has 0 spiro atoms. The van der Waals surface area contributed by atoms with Gasteiger partial charge in [-0.1, -0.05) is 25.4 Å². The van der Waals surface area contributed by atoms with Crippen LogP contribution in [0.2, 0.25) is 5.02 Å². The zero-order valence-electron chi connectivity index (χ0n) is 8.96. The fourth-order valence-electron chi connectivity index (χ4n) is 1.32. The molecule has 0 atom stereocenters. The van der Waals surface area contributed by atoms with Crippen molar-refractivity contribution in [3.05, 3.63) is 34.9 Å². The molecule has 3 nitrogen and oxygen atoms in total. The molecule has 0 radical (unpaired) electrons. The molecule has 1 heterocycles. The lowest BCUT2D eigenvalue weighted by Gasteiger charge is -1.98. The van der Waals surface area contributed by atoms with E-state index in [0.29, 0.717) is 16.4 Å². The Morgan fingerprint density at radius 3 is 2.69 bits per heavy atom. The summed E-state index contributed by atoms with van der Waals surface area (Å²) in [6.07, 6.45) is 0. The lowest BCUT2D eigenvalue weighted by Crippen LogP contribution is -1.90. The summed E-state index contributed by atoms with van der Waals surface area (Å²) >= 11 is 5.67. The number of hydrogen-bond donors (Lipinski definition) is 1. The molecule has 0 fully saturated rings. The van der Waals surface area contributed by atoms with Crippen molar-refractivity contribution in [1.82, 2.24) is 15.2 Å². The van der Waals surface area contributed by atoms with Crippen molar-refractivity contribution in [3.63, 3.8) is 0 Å². The van der Waals surface area contributed by atoms with Crippen LogP contribution in [-0.2, 0) is 0 Å². The highest BCUT2D eigenvalue weighted by Gasteiger charge is 2.12. The average molecular weight is 240 g/mol. The smallest absolute Gasteiger partial charge is 0.184 e. The standard InChI is InChI=1S/C11H11ClFN3/c1-6(2)10-14-11(16-15-10)8-4-3-7(12)5-9(8)13/h3-6H,1-2H3,(H,14,15,16). The lowest BCUT2D eigenvalue weighted by atomic mass is 10.2. The number of aromatic amines is 1. The Labute approximate surface area is 97.7 Å². The van der Waals surface area contributed by atoms with Gasteiger partial charge >= 0.3 is 0 Å². The second kappa shape index (κ2) is 4.22. The molecule has 0 bridgehead atoms. The maximum absolute atomic E-state index is 13.6. The zero-order valence-corrected chi connectivity index (χ0v) is 9.72. The van der Waals surface area contributed by atoms with Crippen molar-refractivity contribution in [2.24, 2.45) is 0 Å². The normalized spacial score (nSPS) is 11.1. The third kappa shape index (κ3) is 2.07. The molecule has 0 aliphatic rings. The Bertz CT molecular complexity index is 508. The molecule has 1 aromatic carbocycles. The van der Waals surface area contributed by atoms with E-state index in [-0.39, 0.29) is 5.92 Å². The van der Waals surface area contributed by atoms with Crippen LogP contribution in [0.1, 0.15) is 25.6 Å². The van der Waals surface area contributed by atoms with E-state index >= 15 is 0 Å². The monoisotopic (exact) mass is 239 g/mol. The molecule has 16 heavy (non-hydrogen) atoms. The summed E-state index contributed by atoms with van der Waals surface area (Å²) in [4.78, 5) is 4.22. The number of nitrogens with one attached hydrogen (secondary N) is 1. The maximum Gasteiger partial charge on any atom is 0.184 e. The highest BCUT2D eigenvalue weighted by molar-refractivity contribution is 6.30. The highest BCUT2D eigenvalue weighted by atomic mass is 35.5. The first-order chi connectivity index (χ1) is 7.58. The first kappa shape index (κ1) is 11.1. The number of aromatic nitrogens is 3. The van der Waals surface area contributed by atoms with Crippen molar-refractivity contribution in [2.45, 2.75) is 19.8 Å². The SMILES string of the molecule is CC(C)c1nc(-c2ccc(Cl)cc2F)n[nH]1. The molecular weight excluding hydrogens is 229 g/mol. The Morgan fingerprint density at radius 1 is 1.38 bits per heavy atom. The molecule has 1 aromatic heterocycles. The molecule has 5 heteroatoms. The van der Waals surface area contributed by atoms with Gasteiger partial charge in [0.05, 0.1) is 5.56 Å². The van der Waals surface area contributed by atoms with E-state index in [4.69, 9.17) is 11.6 Å². The van der Waals surface area contributed by atoms with Gasteiger partial charge in [-0.2, -0.15) is 5.10 Å². The summed E-state index contributed by atoms with van der Waals surface area (Å²) in [6.45, 7) is 3.98. The number of hydrogen-bond acceptors (Lipinski definition) is 2. The summed E-state index contributed by atoms with van der Waals surface area (Å²) in [5.74, 6) is 0.917. The minimum atomic E-state index is -0.415. The first-order valence-electron chi connectivity index (χ1n) is 4.95. The second-order valence-electron chi connectivity index (χ2n) is 3.82. The van der Waals surface area contributed by atoms with Crippen molar-refractivity contribution in [3.8, 4) is 11.4 Å². The van der Waals surface area contributed by atoms with Crippen LogP contribution in [0.3, 0.4) is 0 Å². The topological polar surface area (TPSA) is 41.6 Å². The Kier molecular flexibility index (Phi) is 2.92. The molecule has 0 saturated heterocycles. The Hall–Kier alpha value is -1.42. The maximum atomic E-state index is 13.6.